The number of hydrogen-bond donors (Lipinski definition) is 1. The molecule has 0 spiro atoms. The van der Waals surface area contributed by atoms with Gasteiger partial charge in [-0.05, 0) is 28.8 Å². The Morgan fingerprint density at radius 2 is 1.31 bits per heavy atom. The Balaban J connectivity index is 1.72. The van der Waals surface area contributed by atoms with Crippen LogP contribution in [0.1, 0.15) is 16.7 Å². The van der Waals surface area contributed by atoms with E-state index in [1.807, 2.05) is 91.0 Å². The lowest BCUT2D eigenvalue weighted by molar-refractivity contribution is -0.141. The van der Waals surface area contributed by atoms with Gasteiger partial charge >= 0.3 is 5.97 Å². The second kappa shape index (κ2) is 10.4. The van der Waals surface area contributed by atoms with Crippen molar-refractivity contribution < 1.29 is 14.3 Å². The van der Waals surface area contributed by atoms with E-state index in [-0.39, 0.29) is 12.3 Å². The number of amides is 1. The van der Waals surface area contributed by atoms with E-state index in [1.165, 1.54) is 6.08 Å². The molecular weight excluding hydrogens is 362 g/mol. The largest absolute Gasteiger partial charge is 0.456 e. The van der Waals surface area contributed by atoms with Crippen molar-refractivity contribution in [3.05, 3.63) is 119 Å². The van der Waals surface area contributed by atoms with Crippen LogP contribution >= 0.6 is 0 Å². The van der Waals surface area contributed by atoms with Crippen LogP contribution in [0.3, 0.4) is 0 Å². The number of ether oxygens (including phenoxy) is 1. The van der Waals surface area contributed by atoms with Crippen LogP contribution in [-0.4, -0.2) is 11.9 Å². The average molecular weight is 383 g/mol. The lowest BCUT2D eigenvalue weighted by Gasteiger charge is -2.09. The van der Waals surface area contributed by atoms with Gasteiger partial charge in [0.05, 0.1) is 0 Å². The first kappa shape index (κ1) is 19.8. The number of carbonyl (C=O) groups excluding carboxylic acids is 2. The Morgan fingerprint density at radius 1 is 0.759 bits per heavy atom. The van der Waals surface area contributed by atoms with Gasteiger partial charge < -0.3 is 10.1 Å². The van der Waals surface area contributed by atoms with Gasteiger partial charge in [-0.15, -0.1) is 0 Å². The summed E-state index contributed by atoms with van der Waals surface area (Å²) in [6.07, 6.45) is 4.67. The van der Waals surface area contributed by atoms with Gasteiger partial charge in [0.25, 0.3) is 0 Å². The molecule has 0 radical (unpaired) electrons. The Labute approximate surface area is 170 Å². The standard InChI is InChI=1S/C25H21NO3/c27-24(17-16-20-10-4-1-5-11-20)26-23(18-21-12-6-2-7-13-21)25(28)29-19-22-14-8-3-9-15-22/h1-18H,19H2,(H,26,27)/b17-16+,23-18-. The van der Waals surface area contributed by atoms with Crippen LogP contribution in [0.25, 0.3) is 12.2 Å². The fourth-order valence-corrected chi connectivity index (χ4v) is 2.57. The molecular formula is C25H21NO3. The maximum absolute atomic E-state index is 12.6. The number of nitrogens with one attached hydrogen (secondary N) is 1. The highest BCUT2D eigenvalue weighted by atomic mass is 16.5. The fraction of sp³-hybridized carbons (Fsp3) is 0.0400. The van der Waals surface area contributed by atoms with E-state index in [9.17, 15) is 9.59 Å². The molecule has 0 fully saturated rings. The third kappa shape index (κ3) is 6.63. The summed E-state index contributed by atoms with van der Waals surface area (Å²) >= 11 is 0. The monoisotopic (exact) mass is 383 g/mol. The second-order valence-corrected chi connectivity index (χ2v) is 6.26. The number of rotatable bonds is 7. The molecule has 4 heteroatoms. The molecule has 4 nitrogen and oxygen atoms in total. The van der Waals surface area contributed by atoms with Gasteiger partial charge in [0, 0.05) is 6.08 Å². The zero-order valence-corrected chi connectivity index (χ0v) is 15.8. The summed E-state index contributed by atoms with van der Waals surface area (Å²) in [6.45, 7) is 0.127. The van der Waals surface area contributed by atoms with Crippen molar-refractivity contribution in [2.24, 2.45) is 0 Å². The lowest BCUT2D eigenvalue weighted by Crippen LogP contribution is -2.27. The van der Waals surface area contributed by atoms with Gasteiger partial charge in [0.1, 0.15) is 12.3 Å². The van der Waals surface area contributed by atoms with E-state index in [4.69, 9.17) is 4.74 Å². The van der Waals surface area contributed by atoms with Crippen LogP contribution < -0.4 is 5.32 Å². The van der Waals surface area contributed by atoms with Crippen molar-refractivity contribution in [3.8, 4) is 0 Å². The Hall–Kier alpha value is -3.92. The highest BCUT2D eigenvalue weighted by molar-refractivity contribution is 6.02. The predicted molar refractivity (Wildman–Crippen MR) is 114 cm³/mol. The molecule has 0 bridgehead atoms. The highest BCUT2D eigenvalue weighted by Crippen LogP contribution is 2.09. The van der Waals surface area contributed by atoms with Gasteiger partial charge in [-0.25, -0.2) is 4.79 Å². The minimum absolute atomic E-state index is 0.0786. The molecule has 3 aromatic carbocycles. The molecule has 0 aliphatic heterocycles. The summed E-state index contributed by atoms with van der Waals surface area (Å²) in [6, 6.07) is 28.1. The van der Waals surface area contributed by atoms with Crippen LogP contribution in [0.2, 0.25) is 0 Å². The van der Waals surface area contributed by atoms with Crippen molar-refractivity contribution >= 4 is 24.0 Å². The first-order valence-corrected chi connectivity index (χ1v) is 9.22. The van der Waals surface area contributed by atoms with Crippen LogP contribution in [-0.2, 0) is 20.9 Å². The molecule has 0 aromatic heterocycles. The highest BCUT2D eigenvalue weighted by Gasteiger charge is 2.14. The molecule has 0 heterocycles. The summed E-state index contributed by atoms with van der Waals surface area (Å²) in [4.78, 5) is 25.0. The second-order valence-electron chi connectivity index (χ2n) is 6.26. The maximum atomic E-state index is 12.6. The molecule has 144 valence electrons. The molecule has 29 heavy (non-hydrogen) atoms. The first-order chi connectivity index (χ1) is 14.2. The van der Waals surface area contributed by atoms with E-state index in [2.05, 4.69) is 5.32 Å². The smallest absolute Gasteiger partial charge is 0.355 e. The van der Waals surface area contributed by atoms with Crippen molar-refractivity contribution in [3.63, 3.8) is 0 Å². The predicted octanol–water partition coefficient (Wildman–Crippen LogP) is 4.60. The van der Waals surface area contributed by atoms with Gasteiger partial charge in [-0.1, -0.05) is 91.0 Å². The van der Waals surface area contributed by atoms with Crippen molar-refractivity contribution in [1.82, 2.24) is 5.32 Å². The van der Waals surface area contributed by atoms with Crippen LogP contribution in [0.4, 0.5) is 0 Å². The minimum atomic E-state index is -0.598. The van der Waals surface area contributed by atoms with E-state index < -0.39 is 11.9 Å². The number of hydrogen-bond acceptors (Lipinski definition) is 3. The van der Waals surface area contributed by atoms with Crippen LogP contribution in [0, 0.1) is 0 Å². The summed E-state index contributed by atoms with van der Waals surface area (Å²) < 4.78 is 5.38. The molecule has 0 saturated carbocycles. The zero-order chi connectivity index (χ0) is 20.3. The average Bonchev–Trinajstić information content (AvgIpc) is 2.78. The third-order valence-corrected chi connectivity index (χ3v) is 4.03. The third-order valence-electron chi connectivity index (χ3n) is 4.03. The van der Waals surface area contributed by atoms with E-state index >= 15 is 0 Å². The molecule has 3 rings (SSSR count). The van der Waals surface area contributed by atoms with Crippen molar-refractivity contribution in [1.29, 1.82) is 0 Å². The number of benzene rings is 3. The zero-order valence-electron chi connectivity index (χ0n) is 15.8. The van der Waals surface area contributed by atoms with E-state index in [0.29, 0.717) is 0 Å². The molecule has 0 aliphatic rings. The van der Waals surface area contributed by atoms with Crippen molar-refractivity contribution in [2.75, 3.05) is 0 Å². The summed E-state index contributed by atoms with van der Waals surface area (Å²) in [5.74, 6) is -1.01. The molecule has 0 aliphatic carbocycles. The Kier molecular flexibility index (Phi) is 7.13. The molecule has 1 amide bonds. The van der Waals surface area contributed by atoms with Crippen LogP contribution in [0.15, 0.2) is 103 Å². The normalized spacial score (nSPS) is 11.2. The fourth-order valence-electron chi connectivity index (χ4n) is 2.57. The quantitative estimate of drug-likeness (QED) is 0.479. The Bertz CT molecular complexity index is 994. The molecule has 0 saturated heterocycles. The van der Waals surface area contributed by atoms with E-state index in [0.717, 1.165) is 16.7 Å². The molecule has 0 unspecified atom stereocenters. The molecule has 0 atom stereocenters. The summed E-state index contributed by atoms with van der Waals surface area (Å²) in [5, 5.41) is 2.63. The summed E-state index contributed by atoms with van der Waals surface area (Å²) in [7, 11) is 0. The summed E-state index contributed by atoms with van der Waals surface area (Å²) in [5.41, 5.74) is 2.62. The maximum Gasteiger partial charge on any atom is 0.355 e. The molecule has 1 N–H and O–H groups in total. The topological polar surface area (TPSA) is 55.4 Å². The number of carbonyl (C=O) groups is 2. The Morgan fingerprint density at radius 3 is 1.93 bits per heavy atom. The van der Waals surface area contributed by atoms with Crippen molar-refractivity contribution in [2.45, 2.75) is 6.61 Å². The van der Waals surface area contributed by atoms with Gasteiger partial charge in [-0.3, -0.25) is 4.79 Å². The van der Waals surface area contributed by atoms with Crippen LogP contribution in [0.5, 0.6) is 0 Å². The SMILES string of the molecule is O=C(/C=C/c1ccccc1)N/C(=C\c1ccccc1)C(=O)OCc1ccccc1. The lowest BCUT2D eigenvalue weighted by atomic mass is 10.2. The number of esters is 1. The first-order valence-electron chi connectivity index (χ1n) is 9.22. The minimum Gasteiger partial charge on any atom is -0.456 e. The van der Waals surface area contributed by atoms with Gasteiger partial charge in [0.15, 0.2) is 0 Å². The molecule has 3 aromatic rings. The van der Waals surface area contributed by atoms with E-state index in [1.54, 1.807) is 12.2 Å². The van der Waals surface area contributed by atoms with Gasteiger partial charge in [-0.2, -0.15) is 0 Å². The van der Waals surface area contributed by atoms with Gasteiger partial charge in [0.2, 0.25) is 5.91 Å².